The van der Waals surface area contributed by atoms with E-state index < -0.39 is 0 Å². The van der Waals surface area contributed by atoms with Gasteiger partial charge >= 0.3 is 11.9 Å². The third-order valence-corrected chi connectivity index (χ3v) is 14.3. The molecule has 0 aliphatic heterocycles. The second-order valence-corrected chi connectivity index (χ2v) is 16.2. The van der Waals surface area contributed by atoms with Crippen molar-refractivity contribution in [1.82, 2.24) is 0 Å². The van der Waals surface area contributed by atoms with Crippen molar-refractivity contribution in [3.8, 4) is 0 Å². The lowest BCUT2D eigenvalue weighted by molar-refractivity contribution is -0.240. The van der Waals surface area contributed by atoms with E-state index in [-0.39, 0.29) is 39.0 Å². The minimum Gasteiger partial charge on any atom is -0.465 e. The first kappa shape index (κ1) is 31.3. The Morgan fingerprint density at radius 3 is 2.26 bits per heavy atom. The highest BCUT2D eigenvalue weighted by molar-refractivity contribution is 5.98. The molecule has 5 aliphatic carbocycles. The van der Waals surface area contributed by atoms with Crippen molar-refractivity contribution in [3.63, 3.8) is 0 Å². The van der Waals surface area contributed by atoms with Gasteiger partial charge in [-0.25, -0.2) is 0 Å². The highest BCUT2D eigenvalue weighted by Crippen LogP contribution is 2.77. The summed E-state index contributed by atoms with van der Waals surface area (Å²) >= 11 is 0. The molecule has 0 unspecified atom stereocenters. The Bertz CT molecular complexity index is 1250. The molecule has 0 heterocycles. The van der Waals surface area contributed by atoms with Crippen molar-refractivity contribution < 1.29 is 24.3 Å². The molecule has 5 aliphatic rings. The summed E-state index contributed by atoms with van der Waals surface area (Å²) in [6.45, 7) is 22.3. The second-order valence-electron chi connectivity index (χ2n) is 16.2. The number of ether oxygens (including phenoxy) is 2. The third kappa shape index (κ3) is 4.27. The number of fused-ring (bicyclic) bond motifs is 7. The van der Waals surface area contributed by atoms with Gasteiger partial charge in [-0.1, -0.05) is 52.3 Å². The summed E-state index contributed by atoms with van der Waals surface area (Å²) in [7, 11) is 0. The first-order chi connectivity index (χ1) is 19.5. The summed E-state index contributed by atoms with van der Waals surface area (Å²) in [6, 6.07) is 0. The maximum absolute atomic E-state index is 12.1. The third-order valence-electron chi connectivity index (χ3n) is 14.3. The van der Waals surface area contributed by atoms with Crippen LogP contribution in [0.25, 0.3) is 0 Å². The van der Waals surface area contributed by atoms with Crippen molar-refractivity contribution >= 4 is 17.7 Å². The Morgan fingerprint density at radius 1 is 0.952 bits per heavy atom. The number of oxime groups is 1. The zero-order chi connectivity index (χ0) is 31.0. The van der Waals surface area contributed by atoms with Crippen LogP contribution in [0.15, 0.2) is 28.1 Å². The van der Waals surface area contributed by atoms with Crippen LogP contribution >= 0.6 is 0 Å². The molecule has 0 spiro atoms. The molecular weight excluding hydrogens is 526 g/mol. The Kier molecular flexibility index (Phi) is 7.63. The quantitative estimate of drug-likeness (QED) is 0.156. The van der Waals surface area contributed by atoms with E-state index in [4.69, 9.17) is 9.47 Å². The molecule has 0 aromatic rings. The predicted octanol–water partition coefficient (Wildman–Crippen LogP) is 8.48. The van der Waals surface area contributed by atoms with E-state index in [0.717, 1.165) is 43.4 Å². The lowest BCUT2D eigenvalue weighted by Gasteiger charge is -2.73. The Labute approximate surface area is 253 Å². The molecule has 0 aromatic heterocycles. The van der Waals surface area contributed by atoms with Crippen LogP contribution in [0.3, 0.4) is 0 Å². The molecule has 5 rings (SSSR count). The molecule has 0 bridgehead atoms. The topological polar surface area (TPSA) is 85.2 Å². The molecule has 1 N–H and O–H groups in total. The Balaban J connectivity index is 1.56. The fraction of sp³-hybridized carbons (Fsp3) is 0.806. The molecular formula is C36H55NO5. The maximum Gasteiger partial charge on any atom is 0.307 e. The number of rotatable bonds is 4. The van der Waals surface area contributed by atoms with Gasteiger partial charge in [0.2, 0.25) is 0 Å². The Hall–Kier alpha value is -2.11. The first-order valence-electron chi connectivity index (χ1n) is 16.4. The van der Waals surface area contributed by atoms with Crippen molar-refractivity contribution in [2.24, 2.45) is 61.8 Å². The second kappa shape index (κ2) is 10.2. The summed E-state index contributed by atoms with van der Waals surface area (Å²) in [5, 5.41) is 13.4. The fourth-order valence-electron chi connectivity index (χ4n) is 12.1. The molecule has 0 saturated heterocycles. The smallest absolute Gasteiger partial charge is 0.307 e. The van der Waals surface area contributed by atoms with Crippen molar-refractivity contribution in [2.45, 2.75) is 121 Å². The molecule has 3 fully saturated rings. The van der Waals surface area contributed by atoms with Gasteiger partial charge in [0.1, 0.15) is 5.76 Å². The summed E-state index contributed by atoms with van der Waals surface area (Å²) in [6.07, 6.45) is 10.9. The summed E-state index contributed by atoms with van der Waals surface area (Å²) in [5.41, 5.74) is 3.36. The highest BCUT2D eigenvalue weighted by Gasteiger charge is 2.70. The number of carbonyl (C=O) groups is 2. The molecule has 6 nitrogen and oxygen atoms in total. The number of carbonyl (C=O) groups excluding carboxylic acids is 2. The van der Waals surface area contributed by atoms with E-state index in [2.05, 4.69) is 59.7 Å². The summed E-state index contributed by atoms with van der Waals surface area (Å²) in [4.78, 5) is 24.1. The van der Waals surface area contributed by atoms with Crippen LogP contribution in [0.4, 0.5) is 0 Å². The summed E-state index contributed by atoms with van der Waals surface area (Å²) in [5.74, 6) is 2.75. The molecule has 42 heavy (non-hydrogen) atoms. The van der Waals surface area contributed by atoms with Gasteiger partial charge in [-0.05, 0) is 123 Å². The van der Waals surface area contributed by atoms with Crippen molar-refractivity contribution in [2.75, 3.05) is 6.61 Å². The van der Waals surface area contributed by atoms with Crippen LogP contribution in [0.5, 0.6) is 0 Å². The first-order valence-corrected chi connectivity index (χ1v) is 16.4. The van der Waals surface area contributed by atoms with Crippen LogP contribution in [0, 0.1) is 56.7 Å². The molecule has 6 heteroatoms. The maximum atomic E-state index is 12.1. The Morgan fingerprint density at radius 2 is 1.64 bits per heavy atom. The molecule has 0 amide bonds. The van der Waals surface area contributed by atoms with Gasteiger partial charge in [0.15, 0.2) is 0 Å². The summed E-state index contributed by atoms with van der Waals surface area (Å²) < 4.78 is 11.7. The van der Waals surface area contributed by atoms with Gasteiger partial charge in [-0.15, -0.1) is 0 Å². The molecule has 0 radical (unpaired) electrons. The van der Waals surface area contributed by atoms with E-state index in [0.29, 0.717) is 41.9 Å². The average Bonchev–Trinajstić information content (AvgIpc) is 2.91. The molecule has 3 saturated carbocycles. The fourth-order valence-corrected chi connectivity index (χ4v) is 12.1. The number of allylic oxidation sites excluding steroid dienone is 4. The van der Waals surface area contributed by atoms with Gasteiger partial charge in [0.25, 0.3) is 0 Å². The SMILES string of the molecule is CC(=O)OC[C@@]12CC[C@]3(C)[C@H](CC[C@@H]4[C@@]5(C)CC=C(OC(C)=O)C(C)(C)[C@@H]5CC[C@]43C)[C@H]1[C@@H](C)C(C)=C(/C(C)=N/O)C2. The standard InChI is InChI=1S/C36H55NO5/c1-21-22(2)31-27-11-12-29-33(8)15-14-30(42-25(5)39)32(6,7)28(33)13-16-35(29,10)34(27,9)17-18-36(31,20-41-24(4)38)19-26(21)23(3)37-40/h14,22,27-29,31,40H,11-13,15-20H2,1-10H3/b37-23+/t22-,27+,28-,29+,31+,33-,34+,35+,36-/m0/s1. The van der Waals surface area contributed by atoms with Crippen molar-refractivity contribution in [1.29, 1.82) is 0 Å². The number of hydrogen-bond donors (Lipinski definition) is 1. The lowest BCUT2D eigenvalue weighted by atomic mass is 9.31. The van der Waals surface area contributed by atoms with E-state index in [1.54, 1.807) is 0 Å². The van der Waals surface area contributed by atoms with E-state index >= 15 is 0 Å². The lowest BCUT2D eigenvalue weighted by Crippen LogP contribution is -2.66. The number of hydrogen-bond acceptors (Lipinski definition) is 6. The van der Waals surface area contributed by atoms with Crippen LogP contribution in [-0.2, 0) is 19.1 Å². The van der Waals surface area contributed by atoms with E-state index in [1.165, 1.54) is 38.7 Å². The van der Waals surface area contributed by atoms with Crippen LogP contribution in [-0.4, -0.2) is 29.5 Å². The zero-order valence-corrected chi connectivity index (χ0v) is 27.9. The molecule has 9 atom stereocenters. The van der Waals surface area contributed by atoms with E-state index in [1.807, 2.05) is 6.92 Å². The van der Waals surface area contributed by atoms with Crippen LogP contribution in [0.2, 0.25) is 0 Å². The van der Waals surface area contributed by atoms with Crippen LogP contribution in [0.1, 0.15) is 121 Å². The largest absolute Gasteiger partial charge is 0.465 e. The average molecular weight is 582 g/mol. The van der Waals surface area contributed by atoms with Gasteiger partial charge in [0.05, 0.1) is 12.3 Å². The predicted molar refractivity (Wildman–Crippen MR) is 165 cm³/mol. The number of nitrogens with zero attached hydrogens (tertiary/aromatic N) is 1. The van der Waals surface area contributed by atoms with Gasteiger partial charge in [-0.2, -0.15) is 0 Å². The van der Waals surface area contributed by atoms with Gasteiger partial charge in [-0.3, -0.25) is 9.59 Å². The minimum absolute atomic E-state index is 0.144. The molecule has 234 valence electrons. The van der Waals surface area contributed by atoms with Crippen LogP contribution < -0.4 is 0 Å². The zero-order valence-electron chi connectivity index (χ0n) is 27.9. The van der Waals surface area contributed by atoms with E-state index in [9.17, 15) is 14.8 Å². The highest BCUT2D eigenvalue weighted by atomic mass is 16.5. The minimum atomic E-state index is -0.222. The van der Waals surface area contributed by atoms with Gasteiger partial charge < -0.3 is 14.7 Å². The monoisotopic (exact) mass is 581 g/mol. The molecule has 0 aromatic carbocycles. The number of esters is 2. The van der Waals surface area contributed by atoms with Gasteiger partial charge in [0, 0.05) is 24.7 Å². The normalized spacial score (nSPS) is 44.6. The van der Waals surface area contributed by atoms with Crippen molar-refractivity contribution in [3.05, 3.63) is 23.0 Å².